The molecule has 0 bridgehead atoms. The summed E-state index contributed by atoms with van der Waals surface area (Å²) in [6, 6.07) is 16.4. The summed E-state index contributed by atoms with van der Waals surface area (Å²) in [5.41, 5.74) is 9.72. The molecule has 0 aromatic heterocycles. The molecule has 1 aliphatic carbocycles. The molecule has 0 aliphatic heterocycles. The Morgan fingerprint density at radius 3 is 2.80 bits per heavy atom. The molecule has 2 aromatic rings. The van der Waals surface area contributed by atoms with Gasteiger partial charge in [-0.15, -0.1) is 0 Å². The van der Waals surface area contributed by atoms with Gasteiger partial charge in [-0.2, -0.15) is 0 Å². The predicted molar refractivity (Wildman–Crippen MR) is 78.4 cm³/mol. The normalized spacial score (nSPS) is 16.9. The third-order valence-corrected chi connectivity index (χ3v) is 3.66. The van der Waals surface area contributed by atoms with Crippen LogP contribution in [0.1, 0.15) is 29.2 Å². The fourth-order valence-corrected chi connectivity index (χ4v) is 2.56. The Labute approximate surface area is 119 Å². The van der Waals surface area contributed by atoms with E-state index in [1.165, 1.54) is 11.1 Å². The molecule has 0 saturated carbocycles. The molecule has 2 N–H and O–H groups in total. The number of nitrogens with two attached hydrogens (primary N) is 1. The van der Waals surface area contributed by atoms with Gasteiger partial charge in [-0.3, -0.25) is 0 Å². The minimum atomic E-state index is 0.188. The van der Waals surface area contributed by atoms with E-state index in [4.69, 9.17) is 15.2 Å². The summed E-state index contributed by atoms with van der Waals surface area (Å²) in [4.78, 5) is 0. The summed E-state index contributed by atoms with van der Waals surface area (Å²) < 4.78 is 11.1. The lowest BCUT2D eigenvalue weighted by Crippen LogP contribution is -2.05. The van der Waals surface area contributed by atoms with E-state index in [9.17, 15) is 0 Å². The lowest BCUT2D eigenvalue weighted by Gasteiger charge is -2.10. The summed E-state index contributed by atoms with van der Waals surface area (Å²) in [6.07, 6.45) is 2.07. The highest BCUT2D eigenvalue weighted by Gasteiger charge is 2.18. The van der Waals surface area contributed by atoms with Crippen molar-refractivity contribution in [2.24, 2.45) is 5.73 Å². The SMILES string of the molecule is NC1CCc2cc(OCOCc3ccccc3)ccc21. The van der Waals surface area contributed by atoms with Crippen LogP contribution in [0.5, 0.6) is 5.75 Å². The zero-order valence-electron chi connectivity index (χ0n) is 11.4. The van der Waals surface area contributed by atoms with Crippen LogP contribution in [-0.2, 0) is 17.8 Å². The monoisotopic (exact) mass is 269 g/mol. The predicted octanol–water partition coefficient (Wildman–Crippen LogP) is 3.19. The van der Waals surface area contributed by atoms with Crippen LogP contribution in [0.15, 0.2) is 48.5 Å². The summed E-state index contributed by atoms with van der Waals surface area (Å²) in [5, 5.41) is 0. The Kier molecular flexibility index (Phi) is 4.00. The van der Waals surface area contributed by atoms with Gasteiger partial charge in [-0.25, -0.2) is 0 Å². The van der Waals surface area contributed by atoms with Crippen LogP contribution >= 0.6 is 0 Å². The van der Waals surface area contributed by atoms with Crippen LogP contribution in [0.25, 0.3) is 0 Å². The minimum Gasteiger partial charge on any atom is -0.468 e. The molecule has 104 valence electrons. The fraction of sp³-hybridized carbons (Fsp3) is 0.294. The molecule has 0 radical (unpaired) electrons. The number of rotatable bonds is 5. The van der Waals surface area contributed by atoms with E-state index in [0.717, 1.165) is 24.2 Å². The second-order valence-corrected chi connectivity index (χ2v) is 5.10. The highest BCUT2D eigenvalue weighted by Crippen LogP contribution is 2.31. The molecule has 1 aliphatic rings. The molecule has 0 amide bonds. The largest absolute Gasteiger partial charge is 0.468 e. The van der Waals surface area contributed by atoms with Gasteiger partial charge in [0.2, 0.25) is 0 Å². The minimum absolute atomic E-state index is 0.188. The van der Waals surface area contributed by atoms with E-state index in [1.54, 1.807) is 0 Å². The summed E-state index contributed by atoms with van der Waals surface area (Å²) in [6.45, 7) is 0.830. The number of hydrogen-bond acceptors (Lipinski definition) is 3. The van der Waals surface area contributed by atoms with Crippen molar-refractivity contribution in [3.05, 3.63) is 65.2 Å². The van der Waals surface area contributed by atoms with Crippen LogP contribution < -0.4 is 10.5 Å². The van der Waals surface area contributed by atoms with Crippen molar-refractivity contribution in [1.82, 2.24) is 0 Å². The molecule has 0 spiro atoms. The Bertz CT molecular complexity index is 568. The lowest BCUT2D eigenvalue weighted by molar-refractivity contribution is 0.00501. The average Bonchev–Trinajstić information content (AvgIpc) is 2.86. The zero-order chi connectivity index (χ0) is 13.8. The number of hydrogen-bond donors (Lipinski definition) is 1. The third-order valence-electron chi connectivity index (χ3n) is 3.66. The number of aryl methyl sites for hydroxylation is 1. The van der Waals surface area contributed by atoms with Gasteiger partial charge < -0.3 is 15.2 Å². The van der Waals surface area contributed by atoms with Crippen LogP contribution in [0.2, 0.25) is 0 Å². The molecular weight excluding hydrogens is 250 g/mol. The molecule has 3 nitrogen and oxygen atoms in total. The van der Waals surface area contributed by atoms with Crippen molar-refractivity contribution in [3.63, 3.8) is 0 Å². The Balaban J connectivity index is 1.50. The first-order chi connectivity index (χ1) is 9.83. The van der Waals surface area contributed by atoms with Crippen molar-refractivity contribution in [1.29, 1.82) is 0 Å². The quantitative estimate of drug-likeness (QED) is 0.669. The van der Waals surface area contributed by atoms with Gasteiger partial charge in [0.15, 0.2) is 6.79 Å². The van der Waals surface area contributed by atoms with Gasteiger partial charge in [0.1, 0.15) is 5.75 Å². The lowest BCUT2D eigenvalue weighted by atomic mass is 10.1. The topological polar surface area (TPSA) is 44.5 Å². The average molecular weight is 269 g/mol. The number of fused-ring (bicyclic) bond motifs is 1. The first kappa shape index (κ1) is 13.2. The summed E-state index contributed by atoms with van der Waals surface area (Å²) in [5.74, 6) is 0.853. The number of ether oxygens (including phenoxy) is 2. The van der Waals surface area contributed by atoms with E-state index in [0.29, 0.717) is 6.61 Å². The molecule has 0 saturated heterocycles. The van der Waals surface area contributed by atoms with E-state index >= 15 is 0 Å². The second kappa shape index (κ2) is 6.07. The van der Waals surface area contributed by atoms with Crippen molar-refractivity contribution >= 4 is 0 Å². The van der Waals surface area contributed by atoms with Gasteiger partial charge in [0.05, 0.1) is 6.61 Å². The molecule has 1 unspecified atom stereocenters. The van der Waals surface area contributed by atoms with Gasteiger partial charge >= 0.3 is 0 Å². The molecule has 0 heterocycles. The Hall–Kier alpha value is -1.84. The van der Waals surface area contributed by atoms with E-state index in [-0.39, 0.29) is 12.8 Å². The van der Waals surface area contributed by atoms with E-state index in [2.05, 4.69) is 12.1 Å². The van der Waals surface area contributed by atoms with Crippen molar-refractivity contribution < 1.29 is 9.47 Å². The Morgan fingerprint density at radius 1 is 1.10 bits per heavy atom. The smallest absolute Gasteiger partial charge is 0.189 e. The van der Waals surface area contributed by atoms with Crippen molar-refractivity contribution in [2.75, 3.05) is 6.79 Å². The second-order valence-electron chi connectivity index (χ2n) is 5.10. The Morgan fingerprint density at radius 2 is 1.95 bits per heavy atom. The van der Waals surface area contributed by atoms with E-state index in [1.807, 2.05) is 36.4 Å². The van der Waals surface area contributed by atoms with Crippen molar-refractivity contribution in [3.8, 4) is 5.75 Å². The molecule has 0 fully saturated rings. The van der Waals surface area contributed by atoms with Gasteiger partial charge in [0, 0.05) is 6.04 Å². The summed E-state index contributed by atoms with van der Waals surface area (Å²) in [7, 11) is 0. The zero-order valence-corrected chi connectivity index (χ0v) is 11.4. The van der Waals surface area contributed by atoms with Crippen molar-refractivity contribution in [2.45, 2.75) is 25.5 Å². The molecule has 3 heteroatoms. The molecule has 2 aromatic carbocycles. The standard InChI is InChI=1S/C17H19NO2/c18-17-9-6-14-10-15(7-8-16(14)17)20-12-19-11-13-4-2-1-3-5-13/h1-5,7-8,10,17H,6,9,11-12,18H2. The molecular formula is C17H19NO2. The van der Waals surface area contributed by atoms with Gasteiger partial charge in [-0.1, -0.05) is 36.4 Å². The first-order valence-corrected chi connectivity index (χ1v) is 6.96. The summed E-state index contributed by atoms with van der Waals surface area (Å²) >= 11 is 0. The molecule has 3 rings (SSSR count). The van der Waals surface area contributed by atoms with E-state index < -0.39 is 0 Å². The van der Waals surface area contributed by atoms with Gasteiger partial charge in [0.25, 0.3) is 0 Å². The van der Waals surface area contributed by atoms with Gasteiger partial charge in [-0.05, 0) is 41.7 Å². The molecule has 1 atom stereocenters. The maximum Gasteiger partial charge on any atom is 0.189 e. The third kappa shape index (κ3) is 3.00. The van der Waals surface area contributed by atoms with Crippen LogP contribution in [-0.4, -0.2) is 6.79 Å². The highest BCUT2D eigenvalue weighted by molar-refractivity contribution is 5.40. The fourth-order valence-electron chi connectivity index (χ4n) is 2.56. The van der Waals surface area contributed by atoms with Crippen LogP contribution in [0, 0.1) is 0 Å². The maximum absolute atomic E-state index is 6.02. The number of benzene rings is 2. The first-order valence-electron chi connectivity index (χ1n) is 6.96. The van der Waals surface area contributed by atoms with Crippen LogP contribution in [0.3, 0.4) is 0 Å². The van der Waals surface area contributed by atoms with Crippen LogP contribution in [0.4, 0.5) is 0 Å². The maximum atomic E-state index is 6.02. The highest BCUT2D eigenvalue weighted by atomic mass is 16.7. The molecule has 20 heavy (non-hydrogen) atoms.